The van der Waals surface area contributed by atoms with Crippen molar-refractivity contribution >= 4 is 17.2 Å². The Kier molecular flexibility index (Phi) is 5.72. The lowest BCUT2D eigenvalue weighted by Gasteiger charge is -2.25. The van der Waals surface area contributed by atoms with E-state index in [2.05, 4.69) is 34.6 Å². The van der Waals surface area contributed by atoms with Gasteiger partial charge < -0.3 is 10.1 Å². The molecule has 1 heterocycles. The first kappa shape index (κ1) is 18.7. The van der Waals surface area contributed by atoms with Crippen molar-refractivity contribution in [3.63, 3.8) is 0 Å². The van der Waals surface area contributed by atoms with Gasteiger partial charge in [0, 0.05) is 23.4 Å². The molecule has 1 amide bonds. The van der Waals surface area contributed by atoms with Gasteiger partial charge in [-0.3, -0.25) is 4.79 Å². The van der Waals surface area contributed by atoms with Gasteiger partial charge in [0.1, 0.15) is 12.4 Å². The van der Waals surface area contributed by atoms with Crippen molar-refractivity contribution in [3.05, 3.63) is 81.3 Å². The molecule has 0 radical (unpaired) electrons. The van der Waals surface area contributed by atoms with Crippen LogP contribution < -0.4 is 10.1 Å². The predicted molar refractivity (Wildman–Crippen MR) is 112 cm³/mol. The fourth-order valence-corrected chi connectivity index (χ4v) is 4.34. The van der Waals surface area contributed by atoms with Crippen LogP contribution in [0.4, 0.5) is 0 Å². The number of rotatable bonds is 6. The molecule has 0 spiro atoms. The number of nitrogens with zero attached hydrogens (tertiary/aromatic N) is 1. The summed E-state index contributed by atoms with van der Waals surface area (Å²) < 4.78 is 5.80. The van der Waals surface area contributed by atoms with Gasteiger partial charge in [-0.2, -0.15) is 0 Å². The summed E-state index contributed by atoms with van der Waals surface area (Å²) in [4.78, 5) is 17.0. The molecule has 4 rings (SSSR count). The van der Waals surface area contributed by atoms with E-state index in [-0.39, 0.29) is 5.91 Å². The first-order chi connectivity index (χ1) is 13.7. The van der Waals surface area contributed by atoms with Crippen molar-refractivity contribution in [2.45, 2.75) is 38.7 Å². The second-order valence-corrected chi connectivity index (χ2v) is 8.23. The van der Waals surface area contributed by atoms with Gasteiger partial charge in [-0.15, -0.1) is 11.3 Å². The highest BCUT2D eigenvalue weighted by molar-refractivity contribution is 7.09. The Balaban J connectivity index is 1.36. The Hall–Kier alpha value is -2.66. The zero-order valence-electron chi connectivity index (χ0n) is 16.0. The molecule has 28 heavy (non-hydrogen) atoms. The van der Waals surface area contributed by atoms with Crippen molar-refractivity contribution in [2.24, 2.45) is 0 Å². The SMILES string of the molecule is Cc1nc(COc2cccc(C(=O)NCC3CCCc4ccccc43)c2)cs1. The molecule has 1 N–H and O–H groups in total. The van der Waals surface area contributed by atoms with E-state index >= 15 is 0 Å². The van der Waals surface area contributed by atoms with Gasteiger partial charge in [-0.25, -0.2) is 4.98 Å². The lowest BCUT2D eigenvalue weighted by Crippen LogP contribution is -2.29. The Morgan fingerprint density at radius 3 is 3.00 bits per heavy atom. The van der Waals surface area contributed by atoms with Crippen molar-refractivity contribution < 1.29 is 9.53 Å². The Morgan fingerprint density at radius 1 is 1.25 bits per heavy atom. The summed E-state index contributed by atoms with van der Waals surface area (Å²) in [6.45, 7) is 3.05. The summed E-state index contributed by atoms with van der Waals surface area (Å²) in [6.07, 6.45) is 3.43. The molecular formula is C23H24N2O2S. The molecule has 1 unspecified atom stereocenters. The molecule has 0 fully saturated rings. The standard InChI is InChI=1S/C23H24N2O2S/c1-16-25-20(15-28-16)14-27-21-10-5-8-18(12-21)23(26)24-13-19-9-4-7-17-6-2-3-11-22(17)19/h2-3,5-6,8,10-12,15,19H,4,7,9,13-14H2,1H3,(H,24,26). The van der Waals surface area contributed by atoms with Gasteiger partial charge in [0.2, 0.25) is 0 Å². The minimum absolute atomic E-state index is 0.0574. The van der Waals surface area contributed by atoms with Gasteiger partial charge >= 0.3 is 0 Å². The minimum Gasteiger partial charge on any atom is -0.487 e. The van der Waals surface area contributed by atoms with Crippen LogP contribution in [0, 0.1) is 6.92 Å². The maximum atomic E-state index is 12.7. The average molecular weight is 393 g/mol. The molecule has 1 aliphatic rings. The van der Waals surface area contributed by atoms with E-state index in [1.807, 2.05) is 30.5 Å². The Bertz CT molecular complexity index is 966. The summed E-state index contributed by atoms with van der Waals surface area (Å²) >= 11 is 1.61. The zero-order chi connectivity index (χ0) is 19.3. The summed E-state index contributed by atoms with van der Waals surface area (Å²) in [5, 5.41) is 6.13. The molecule has 3 aromatic rings. The fraction of sp³-hybridized carbons (Fsp3) is 0.304. The number of amides is 1. The lowest BCUT2D eigenvalue weighted by atomic mass is 9.83. The van der Waals surface area contributed by atoms with E-state index in [0.717, 1.165) is 23.5 Å². The molecule has 1 aliphatic carbocycles. The molecule has 0 saturated carbocycles. The topological polar surface area (TPSA) is 51.2 Å². The first-order valence-electron chi connectivity index (χ1n) is 9.69. The number of hydrogen-bond donors (Lipinski definition) is 1. The highest BCUT2D eigenvalue weighted by Gasteiger charge is 2.20. The number of carbonyl (C=O) groups excluding carboxylic acids is 1. The maximum absolute atomic E-state index is 12.7. The predicted octanol–water partition coefficient (Wildman–Crippen LogP) is 4.88. The van der Waals surface area contributed by atoms with E-state index in [1.54, 1.807) is 17.4 Å². The number of ether oxygens (including phenoxy) is 1. The van der Waals surface area contributed by atoms with Crippen LogP contribution in [-0.4, -0.2) is 17.4 Å². The van der Waals surface area contributed by atoms with Crippen LogP contribution in [0.1, 0.15) is 50.9 Å². The van der Waals surface area contributed by atoms with Crippen LogP contribution in [-0.2, 0) is 13.0 Å². The zero-order valence-corrected chi connectivity index (χ0v) is 16.8. The molecule has 2 aromatic carbocycles. The lowest BCUT2D eigenvalue weighted by molar-refractivity contribution is 0.0949. The Morgan fingerprint density at radius 2 is 2.14 bits per heavy atom. The Labute approximate surface area is 169 Å². The maximum Gasteiger partial charge on any atom is 0.251 e. The van der Waals surface area contributed by atoms with Crippen molar-refractivity contribution in [2.75, 3.05) is 6.54 Å². The van der Waals surface area contributed by atoms with Gasteiger partial charge in [-0.1, -0.05) is 30.3 Å². The van der Waals surface area contributed by atoms with E-state index in [0.29, 0.717) is 30.4 Å². The van der Waals surface area contributed by atoms with Gasteiger partial charge in [0.05, 0.1) is 10.7 Å². The number of aryl methyl sites for hydroxylation is 2. The largest absolute Gasteiger partial charge is 0.487 e. The molecule has 1 aromatic heterocycles. The smallest absolute Gasteiger partial charge is 0.251 e. The number of thiazole rings is 1. The highest BCUT2D eigenvalue weighted by Crippen LogP contribution is 2.30. The van der Waals surface area contributed by atoms with Crippen LogP contribution >= 0.6 is 11.3 Å². The minimum atomic E-state index is -0.0574. The molecule has 1 atom stereocenters. The number of hydrogen-bond acceptors (Lipinski definition) is 4. The fourth-order valence-electron chi connectivity index (χ4n) is 3.74. The second-order valence-electron chi connectivity index (χ2n) is 7.17. The third-order valence-corrected chi connectivity index (χ3v) is 5.97. The summed E-state index contributed by atoms with van der Waals surface area (Å²) in [7, 11) is 0. The van der Waals surface area contributed by atoms with Crippen LogP contribution in [0.3, 0.4) is 0 Å². The number of carbonyl (C=O) groups is 1. The van der Waals surface area contributed by atoms with Gasteiger partial charge in [0.15, 0.2) is 0 Å². The second kappa shape index (κ2) is 8.57. The van der Waals surface area contributed by atoms with Crippen LogP contribution in [0.2, 0.25) is 0 Å². The molecule has 5 heteroatoms. The number of aromatic nitrogens is 1. The van der Waals surface area contributed by atoms with Crippen molar-refractivity contribution in [3.8, 4) is 5.75 Å². The molecule has 0 bridgehead atoms. The molecule has 0 saturated heterocycles. The third kappa shape index (κ3) is 4.42. The van der Waals surface area contributed by atoms with Crippen molar-refractivity contribution in [1.82, 2.24) is 10.3 Å². The molecule has 4 nitrogen and oxygen atoms in total. The summed E-state index contributed by atoms with van der Waals surface area (Å²) in [5.41, 5.74) is 4.33. The highest BCUT2D eigenvalue weighted by atomic mass is 32.1. The summed E-state index contributed by atoms with van der Waals surface area (Å²) in [5.74, 6) is 1.01. The quantitative estimate of drug-likeness (QED) is 0.650. The normalized spacial score (nSPS) is 15.7. The van der Waals surface area contributed by atoms with Crippen LogP contribution in [0.5, 0.6) is 5.75 Å². The summed E-state index contributed by atoms with van der Waals surface area (Å²) in [6, 6.07) is 15.9. The number of fused-ring (bicyclic) bond motifs is 1. The monoisotopic (exact) mass is 392 g/mol. The van der Waals surface area contributed by atoms with E-state index in [1.165, 1.54) is 17.5 Å². The number of nitrogens with one attached hydrogen (secondary N) is 1. The van der Waals surface area contributed by atoms with E-state index in [4.69, 9.17) is 4.74 Å². The average Bonchev–Trinajstić information content (AvgIpc) is 3.16. The van der Waals surface area contributed by atoms with E-state index < -0.39 is 0 Å². The number of benzene rings is 2. The van der Waals surface area contributed by atoms with Gasteiger partial charge in [-0.05, 0) is 55.5 Å². The van der Waals surface area contributed by atoms with E-state index in [9.17, 15) is 4.79 Å². The van der Waals surface area contributed by atoms with Gasteiger partial charge in [0.25, 0.3) is 5.91 Å². The first-order valence-corrected chi connectivity index (χ1v) is 10.6. The third-order valence-electron chi connectivity index (χ3n) is 5.15. The molecule has 0 aliphatic heterocycles. The van der Waals surface area contributed by atoms with Crippen molar-refractivity contribution in [1.29, 1.82) is 0 Å². The van der Waals surface area contributed by atoms with Crippen LogP contribution in [0.15, 0.2) is 53.9 Å². The molecule has 144 valence electrons. The van der Waals surface area contributed by atoms with Crippen LogP contribution in [0.25, 0.3) is 0 Å². The molecular weight excluding hydrogens is 368 g/mol.